The molecule has 0 heterocycles. The number of esters is 2. The van der Waals surface area contributed by atoms with Crippen LogP contribution in [0.3, 0.4) is 0 Å². The lowest BCUT2D eigenvalue weighted by atomic mass is 10.1. The molecule has 1 unspecified atom stereocenters. The van der Waals surface area contributed by atoms with Crippen molar-refractivity contribution < 1.29 is 29.0 Å². The smallest absolute Gasteiger partial charge is 0.306 e. The summed E-state index contributed by atoms with van der Waals surface area (Å²) in [5, 5.41) is 8.69. The Balaban J connectivity index is 4.34. The van der Waals surface area contributed by atoms with Gasteiger partial charge in [0.1, 0.15) is 12.7 Å². The van der Waals surface area contributed by atoms with E-state index in [0.717, 1.165) is 0 Å². The minimum absolute atomic E-state index is 0.0946. The van der Waals surface area contributed by atoms with Crippen molar-refractivity contribution in [3.63, 3.8) is 0 Å². The molecule has 1 atom stereocenters. The van der Waals surface area contributed by atoms with Crippen LogP contribution in [-0.2, 0) is 23.9 Å². The molecule has 0 aliphatic carbocycles. The van der Waals surface area contributed by atoms with Gasteiger partial charge in [0.05, 0.1) is 0 Å². The van der Waals surface area contributed by atoms with Crippen LogP contribution in [0.15, 0.2) is 0 Å². The summed E-state index contributed by atoms with van der Waals surface area (Å²) in [4.78, 5) is 33.7. The summed E-state index contributed by atoms with van der Waals surface area (Å²) in [6.07, 6.45) is -0.173. The van der Waals surface area contributed by atoms with Gasteiger partial charge in [0.25, 0.3) is 0 Å². The molecule has 0 spiro atoms. The summed E-state index contributed by atoms with van der Waals surface area (Å²) in [5.74, 6) is -1.42. The van der Waals surface area contributed by atoms with E-state index in [9.17, 15) is 14.4 Å². The molecule has 6 nitrogen and oxygen atoms in total. The molecule has 6 heteroatoms. The number of hydrogen-bond acceptors (Lipinski definition) is 5. The molecule has 0 saturated heterocycles. The van der Waals surface area contributed by atoms with Crippen molar-refractivity contribution >= 4 is 17.9 Å². The highest BCUT2D eigenvalue weighted by Gasteiger charge is 2.19. The molecule has 1 N–H and O–H groups in total. The van der Waals surface area contributed by atoms with Crippen molar-refractivity contribution in [3.8, 4) is 0 Å². The van der Waals surface area contributed by atoms with Crippen LogP contribution in [0.5, 0.6) is 0 Å². The van der Waals surface area contributed by atoms with Gasteiger partial charge in [-0.25, -0.2) is 0 Å². The van der Waals surface area contributed by atoms with Crippen molar-refractivity contribution in [1.82, 2.24) is 0 Å². The third kappa shape index (κ3) is 11.9. The Kier molecular flexibility index (Phi) is 9.41. The van der Waals surface area contributed by atoms with Gasteiger partial charge in [-0.15, -0.1) is 0 Å². The highest BCUT2D eigenvalue weighted by Crippen LogP contribution is 2.10. The first-order chi connectivity index (χ1) is 9.70. The fourth-order valence-electron chi connectivity index (χ4n) is 1.61. The third-order valence-corrected chi connectivity index (χ3v) is 2.56. The molecule has 0 aromatic rings. The SMILES string of the molecule is CC(C)CC(=O)OCC(CCC(=O)O)OC(=O)CC(C)C. The zero-order valence-corrected chi connectivity index (χ0v) is 13.3. The Labute approximate surface area is 125 Å². The average molecular weight is 302 g/mol. The summed E-state index contributed by atoms with van der Waals surface area (Å²) in [6.45, 7) is 7.46. The van der Waals surface area contributed by atoms with Gasteiger partial charge in [0.15, 0.2) is 0 Å². The molecule has 122 valence electrons. The first-order valence-electron chi connectivity index (χ1n) is 7.27. The van der Waals surface area contributed by atoms with Crippen LogP contribution >= 0.6 is 0 Å². The lowest BCUT2D eigenvalue weighted by molar-refractivity contribution is -0.161. The van der Waals surface area contributed by atoms with Crippen molar-refractivity contribution in [2.45, 2.75) is 59.5 Å². The zero-order chi connectivity index (χ0) is 16.4. The van der Waals surface area contributed by atoms with E-state index >= 15 is 0 Å². The zero-order valence-electron chi connectivity index (χ0n) is 13.3. The van der Waals surface area contributed by atoms with Crippen molar-refractivity contribution in [1.29, 1.82) is 0 Å². The molecule has 0 aliphatic heterocycles. The lowest BCUT2D eigenvalue weighted by Gasteiger charge is -2.18. The number of ether oxygens (including phenoxy) is 2. The van der Waals surface area contributed by atoms with Crippen LogP contribution < -0.4 is 0 Å². The minimum atomic E-state index is -0.978. The third-order valence-electron chi connectivity index (χ3n) is 2.56. The highest BCUT2D eigenvalue weighted by atomic mass is 16.6. The summed E-state index contributed by atoms with van der Waals surface area (Å²) in [5.41, 5.74) is 0. The first-order valence-corrected chi connectivity index (χ1v) is 7.27. The summed E-state index contributed by atoms with van der Waals surface area (Å²) < 4.78 is 10.2. The highest BCUT2D eigenvalue weighted by molar-refractivity contribution is 5.71. The van der Waals surface area contributed by atoms with Gasteiger partial charge in [-0.2, -0.15) is 0 Å². The summed E-state index contributed by atoms with van der Waals surface area (Å²) in [7, 11) is 0. The maximum Gasteiger partial charge on any atom is 0.306 e. The Hall–Kier alpha value is -1.59. The van der Waals surface area contributed by atoms with E-state index in [0.29, 0.717) is 0 Å². The molecule has 0 saturated carbocycles. The van der Waals surface area contributed by atoms with Gasteiger partial charge in [-0.1, -0.05) is 27.7 Å². The predicted molar refractivity (Wildman–Crippen MR) is 76.6 cm³/mol. The second kappa shape index (κ2) is 10.2. The largest absolute Gasteiger partial charge is 0.481 e. The van der Waals surface area contributed by atoms with E-state index < -0.39 is 18.0 Å². The summed E-state index contributed by atoms with van der Waals surface area (Å²) in [6, 6.07) is 0. The molecular formula is C15H26O6. The van der Waals surface area contributed by atoms with Crippen LogP contribution in [0.25, 0.3) is 0 Å². The topological polar surface area (TPSA) is 89.9 Å². The Bertz CT molecular complexity index is 348. The number of carbonyl (C=O) groups excluding carboxylic acids is 2. The summed E-state index contributed by atoms with van der Waals surface area (Å²) >= 11 is 0. The van der Waals surface area contributed by atoms with Crippen LogP contribution in [0.1, 0.15) is 53.4 Å². The van der Waals surface area contributed by atoms with E-state index in [1.165, 1.54) is 0 Å². The molecule has 0 aromatic carbocycles. The molecule has 21 heavy (non-hydrogen) atoms. The normalized spacial score (nSPS) is 12.3. The maximum atomic E-state index is 11.6. The number of rotatable bonds is 10. The minimum Gasteiger partial charge on any atom is -0.481 e. The number of hydrogen-bond donors (Lipinski definition) is 1. The molecule has 0 amide bonds. The van der Waals surface area contributed by atoms with Crippen LogP contribution in [0.2, 0.25) is 0 Å². The standard InChI is InChI=1S/C15H26O6/c1-10(2)7-14(18)20-9-12(5-6-13(16)17)21-15(19)8-11(3)4/h10-12H,5-9H2,1-4H3,(H,16,17). The second-order valence-corrected chi connectivity index (χ2v) is 5.92. The van der Waals surface area contributed by atoms with Crippen molar-refractivity contribution in [2.75, 3.05) is 6.61 Å². The van der Waals surface area contributed by atoms with E-state index in [2.05, 4.69) is 0 Å². The van der Waals surface area contributed by atoms with Gasteiger partial charge in [0.2, 0.25) is 0 Å². The fraction of sp³-hybridized carbons (Fsp3) is 0.800. The monoisotopic (exact) mass is 302 g/mol. The van der Waals surface area contributed by atoms with Gasteiger partial charge < -0.3 is 14.6 Å². The predicted octanol–water partition coefficient (Wildman–Crippen LogP) is 2.40. The molecule has 0 fully saturated rings. The van der Waals surface area contributed by atoms with Gasteiger partial charge in [-0.05, 0) is 18.3 Å². The van der Waals surface area contributed by atoms with Crippen molar-refractivity contribution in [3.05, 3.63) is 0 Å². The average Bonchev–Trinajstić information content (AvgIpc) is 2.30. The number of carboxylic acid groups (broad SMARTS) is 1. The van der Waals surface area contributed by atoms with E-state index in [-0.39, 0.29) is 50.1 Å². The van der Waals surface area contributed by atoms with Gasteiger partial charge in [-0.3, -0.25) is 14.4 Å². The van der Waals surface area contributed by atoms with Gasteiger partial charge in [0, 0.05) is 19.3 Å². The molecule has 0 aliphatic rings. The van der Waals surface area contributed by atoms with E-state index in [4.69, 9.17) is 14.6 Å². The quantitative estimate of drug-likeness (QED) is 0.623. The molecule has 0 radical (unpaired) electrons. The van der Waals surface area contributed by atoms with Crippen LogP contribution in [-0.4, -0.2) is 35.7 Å². The number of carbonyl (C=O) groups is 3. The van der Waals surface area contributed by atoms with E-state index in [1.54, 1.807) is 0 Å². The fourth-order valence-corrected chi connectivity index (χ4v) is 1.61. The lowest BCUT2D eigenvalue weighted by Crippen LogP contribution is -2.27. The number of aliphatic carboxylic acids is 1. The molecule has 0 bridgehead atoms. The Morgan fingerprint density at radius 2 is 1.48 bits per heavy atom. The Morgan fingerprint density at radius 1 is 0.952 bits per heavy atom. The second-order valence-electron chi connectivity index (χ2n) is 5.92. The molecule has 0 aromatic heterocycles. The van der Waals surface area contributed by atoms with Crippen LogP contribution in [0, 0.1) is 11.8 Å². The molecular weight excluding hydrogens is 276 g/mol. The van der Waals surface area contributed by atoms with Crippen molar-refractivity contribution in [2.24, 2.45) is 11.8 Å². The van der Waals surface area contributed by atoms with Gasteiger partial charge >= 0.3 is 17.9 Å². The van der Waals surface area contributed by atoms with Crippen LogP contribution in [0.4, 0.5) is 0 Å². The first kappa shape index (κ1) is 19.4. The number of carboxylic acids is 1. The Morgan fingerprint density at radius 3 is 1.95 bits per heavy atom. The maximum absolute atomic E-state index is 11.6. The molecule has 0 rings (SSSR count). The van der Waals surface area contributed by atoms with E-state index in [1.807, 2.05) is 27.7 Å².